The molecule has 2 aliphatic rings. The Morgan fingerprint density at radius 3 is 3.05 bits per heavy atom. The highest BCUT2D eigenvalue weighted by Gasteiger charge is 2.44. The van der Waals surface area contributed by atoms with E-state index in [1.165, 1.54) is 0 Å². The van der Waals surface area contributed by atoms with Crippen molar-refractivity contribution in [1.29, 1.82) is 0 Å². The van der Waals surface area contributed by atoms with Crippen LogP contribution in [-0.2, 0) is 9.53 Å². The zero-order valence-electron chi connectivity index (χ0n) is 11.4. The summed E-state index contributed by atoms with van der Waals surface area (Å²) in [7, 11) is 0. The number of rotatable bonds is 1. The lowest BCUT2D eigenvalue weighted by Gasteiger charge is -2.38. The van der Waals surface area contributed by atoms with Crippen molar-refractivity contribution in [2.45, 2.75) is 31.4 Å². The molecule has 1 aromatic carbocycles. The first-order chi connectivity index (χ1) is 9.72. The molecule has 1 saturated heterocycles. The van der Waals surface area contributed by atoms with E-state index in [9.17, 15) is 4.79 Å². The van der Waals surface area contributed by atoms with Gasteiger partial charge in [0, 0.05) is 18.4 Å². The van der Waals surface area contributed by atoms with E-state index in [0.29, 0.717) is 13.2 Å². The zero-order valence-corrected chi connectivity index (χ0v) is 11.4. The second-order valence-corrected chi connectivity index (χ2v) is 5.23. The fourth-order valence-corrected chi connectivity index (χ4v) is 2.88. The number of amides is 1. The Bertz CT molecular complexity index is 579. The summed E-state index contributed by atoms with van der Waals surface area (Å²) in [6.45, 7) is 2.94. The summed E-state index contributed by atoms with van der Waals surface area (Å²) >= 11 is 0. The Labute approximate surface area is 118 Å². The van der Waals surface area contributed by atoms with E-state index in [-0.39, 0.29) is 17.6 Å². The SMILES string of the molecule is CC#CC(=O)NC1CC2(CCOC2)Oc2ccccc21. The van der Waals surface area contributed by atoms with Gasteiger partial charge in [0.2, 0.25) is 0 Å². The Morgan fingerprint density at radius 1 is 1.45 bits per heavy atom. The fourth-order valence-electron chi connectivity index (χ4n) is 2.88. The van der Waals surface area contributed by atoms with E-state index in [0.717, 1.165) is 24.2 Å². The zero-order chi connectivity index (χ0) is 14.0. The Morgan fingerprint density at radius 2 is 2.30 bits per heavy atom. The third-order valence-corrected chi connectivity index (χ3v) is 3.81. The molecule has 0 aromatic heterocycles. The van der Waals surface area contributed by atoms with Crippen LogP contribution in [0.15, 0.2) is 24.3 Å². The third kappa shape index (κ3) is 2.37. The quantitative estimate of drug-likeness (QED) is 0.792. The minimum absolute atomic E-state index is 0.0741. The van der Waals surface area contributed by atoms with Gasteiger partial charge in [-0.15, -0.1) is 0 Å². The van der Waals surface area contributed by atoms with Crippen LogP contribution in [-0.4, -0.2) is 24.7 Å². The molecule has 2 unspecified atom stereocenters. The molecule has 1 amide bonds. The number of benzene rings is 1. The minimum Gasteiger partial charge on any atom is -0.484 e. The maximum atomic E-state index is 11.8. The number of carbonyl (C=O) groups is 1. The summed E-state index contributed by atoms with van der Waals surface area (Å²) in [6.07, 6.45) is 1.58. The van der Waals surface area contributed by atoms with Crippen molar-refractivity contribution in [3.8, 4) is 17.6 Å². The molecule has 1 spiro atoms. The number of nitrogens with one attached hydrogen (secondary N) is 1. The highest BCUT2D eigenvalue weighted by Crippen LogP contribution is 2.42. The molecule has 4 heteroatoms. The maximum Gasteiger partial charge on any atom is 0.296 e. The van der Waals surface area contributed by atoms with Gasteiger partial charge in [0.1, 0.15) is 11.4 Å². The van der Waals surface area contributed by atoms with Crippen molar-refractivity contribution in [2.75, 3.05) is 13.2 Å². The fraction of sp³-hybridized carbons (Fsp3) is 0.438. The van der Waals surface area contributed by atoms with Crippen molar-refractivity contribution in [2.24, 2.45) is 0 Å². The highest BCUT2D eigenvalue weighted by molar-refractivity contribution is 5.93. The molecule has 20 heavy (non-hydrogen) atoms. The Kier molecular flexibility index (Phi) is 3.37. The van der Waals surface area contributed by atoms with Gasteiger partial charge in [-0.05, 0) is 18.9 Å². The van der Waals surface area contributed by atoms with E-state index in [2.05, 4.69) is 17.2 Å². The predicted octanol–water partition coefficient (Wildman–Crippen LogP) is 1.81. The predicted molar refractivity (Wildman–Crippen MR) is 74.2 cm³/mol. The largest absolute Gasteiger partial charge is 0.484 e. The molecule has 1 fully saturated rings. The lowest BCUT2D eigenvalue weighted by atomic mass is 9.86. The first-order valence-electron chi connectivity index (χ1n) is 6.81. The molecule has 2 aliphatic heterocycles. The maximum absolute atomic E-state index is 11.8. The number of hydrogen-bond acceptors (Lipinski definition) is 3. The van der Waals surface area contributed by atoms with Crippen LogP contribution in [0.4, 0.5) is 0 Å². The molecule has 0 radical (unpaired) electrons. The summed E-state index contributed by atoms with van der Waals surface area (Å²) in [6, 6.07) is 7.76. The average molecular weight is 271 g/mol. The van der Waals surface area contributed by atoms with Gasteiger partial charge in [0.05, 0.1) is 19.3 Å². The van der Waals surface area contributed by atoms with Crippen molar-refractivity contribution in [3.63, 3.8) is 0 Å². The van der Waals surface area contributed by atoms with Gasteiger partial charge >= 0.3 is 0 Å². The molecule has 0 bridgehead atoms. The van der Waals surface area contributed by atoms with Gasteiger partial charge in [-0.25, -0.2) is 0 Å². The molecule has 0 aliphatic carbocycles. The standard InChI is InChI=1S/C16H17NO3/c1-2-5-15(18)17-13-10-16(8-9-19-11-16)20-14-7-4-3-6-12(13)14/h3-4,6-7,13H,8-11H2,1H3,(H,17,18). The summed E-state index contributed by atoms with van der Waals surface area (Å²) in [4.78, 5) is 11.8. The van der Waals surface area contributed by atoms with Gasteiger partial charge in [0.25, 0.3) is 5.91 Å². The molecule has 1 N–H and O–H groups in total. The normalized spacial score (nSPS) is 27.1. The van der Waals surface area contributed by atoms with E-state index < -0.39 is 0 Å². The van der Waals surface area contributed by atoms with E-state index >= 15 is 0 Å². The summed E-state index contributed by atoms with van der Waals surface area (Å²) in [5.41, 5.74) is 0.697. The number of carbonyl (C=O) groups excluding carboxylic acids is 1. The van der Waals surface area contributed by atoms with Crippen LogP contribution in [0, 0.1) is 11.8 Å². The van der Waals surface area contributed by atoms with Gasteiger partial charge in [-0.3, -0.25) is 4.79 Å². The third-order valence-electron chi connectivity index (χ3n) is 3.81. The summed E-state index contributed by atoms with van der Waals surface area (Å²) in [5, 5.41) is 2.98. The number of ether oxygens (including phenoxy) is 2. The topological polar surface area (TPSA) is 47.6 Å². The molecule has 3 rings (SSSR count). The van der Waals surface area contributed by atoms with Crippen LogP contribution in [0.1, 0.15) is 31.4 Å². The van der Waals surface area contributed by atoms with Crippen LogP contribution < -0.4 is 10.1 Å². The van der Waals surface area contributed by atoms with Crippen LogP contribution >= 0.6 is 0 Å². The first kappa shape index (κ1) is 13.0. The van der Waals surface area contributed by atoms with Gasteiger partial charge in [-0.2, -0.15) is 0 Å². The molecular formula is C16H17NO3. The monoisotopic (exact) mass is 271 g/mol. The highest BCUT2D eigenvalue weighted by atomic mass is 16.6. The van der Waals surface area contributed by atoms with Gasteiger partial charge < -0.3 is 14.8 Å². The number of fused-ring (bicyclic) bond motifs is 1. The van der Waals surface area contributed by atoms with Crippen LogP contribution in [0.2, 0.25) is 0 Å². The van der Waals surface area contributed by atoms with Crippen LogP contribution in [0.25, 0.3) is 0 Å². The molecule has 1 aromatic rings. The molecule has 2 atom stereocenters. The van der Waals surface area contributed by atoms with Crippen molar-refractivity contribution in [1.82, 2.24) is 5.32 Å². The van der Waals surface area contributed by atoms with Crippen LogP contribution in [0.3, 0.4) is 0 Å². The van der Waals surface area contributed by atoms with Crippen molar-refractivity contribution in [3.05, 3.63) is 29.8 Å². The summed E-state index contributed by atoms with van der Waals surface area (Å²) in [5.74, 6) is 5.74. The Balaban J connectivity index is 1.90. The molecule has 0 saturated carbocycles. The second-order valence-electron chi connectivity index (χ2n) is 5.23. The molecule has 104 valence electrons. The Hall–Kier alpha value is -1.99. The van der Waals surface area contributed by atoms with E-state index in [4.69, 9.17) is 9.47 Å². The van der Waals surface area contributed by atoms with Crippen molar-refractivity contribution < 1.29 is 14.3 Å². The minimum atomic E-state index is -0.314. The average Bonchev–Trinajstić information content (AvgIpc) is 2.87. The molecule has 2 heterocycles. The second kappa shape index (κ2) is 5.18. The van der Waals surface area contributed by atoms with Gasteiger partial charge in [0.15, 0.2) is 0 Å². The smallest absolute Gasteiger partial charge is 0.296 e. The van der Waals surface area contributed by atoms with Crippen molar-refractivity contribution >= 4 is 5.91 Å². The molecular weight excluding hydrogens is 254 g/mol. The van der Waals surface area contributed by atoms with E-state index in [1.807, 2.05) is 24.3 Å². The number of para-hydroxylation sites is 1. The summed E-state index contributed by atoms with van der Waals surface area (Å²) < 4.78 is 11.6. The van der Waals surface area contributed by atoms with Crippen LogP contribution in [0.5, 0.6) is 5.75 Å². The lowest BCUT2D eigenvalue weighted by molar-refractivity contribution is -0.117. The molecule has 4 nitrogen and oxygen atoms in total. The first-order valence-corrected chi connectivity index (χ1v) is 6.81. The number of hydrogen-bond donors (Lipinski definition) is 1. The van der Waals surface area contributed by atoms with E-state index in [1.54, 1.807) is 6.92 Å². The lowest BCUT2D eigenvalue weighted by Crippen LogP contribution is -2.45. The van der Waals surface area contributed by atoms with Gasteiger partial charge in [-0.1, -0.05) is 24.1 Å².